The molecule has 126 valence electrons. The van der Waals surface area contributed by atoms with Gasteiger partial charge in [-0.25, -0.2) is 13.2 Å². The molecule has 2 atom stereocenters. The Kier molecular flexibility index (Phi) is 4.41. The van der Waals surface area contributed by atoms with E-state index in [2.05, 4.69) is 4.98 Å². The van der Waals surface area contributed by atoms with Gasteiger partial charge in [-0.2, -0.15) is 0 Å². The third kappa shape index (κ3) is 2.94. The smallest absolute Gasteiger partial charge is 0.195 e. The molecular weight excluding hydrogens is 319 g/mol. The number of halogens is 3. The van der Waals surface area contributed by atoms with Crippen molar-refractivity contribution in [3.63, 3.8) is 0 Å². The van der Waals surface area contributed by atoms with E-state index < -0.39 is 29.2 Å². The first-order valence-electron chi connectivity index (χ1n) is 7.71. The topological polar surface area (TPSA) is 50.2 Å². The minimum Gasteiger partial charge on any atom is -0.387 e. The van der Waals surface area contributed by atoms with Crippen LogP contribution in [0.3, 0.4) is 0 Å². The summed E-state index contributed by atoms with van der Waals surface area (Å²) in [6.45, 7) is 0. The number of hydrogen-bond acceptors (Lipinski definition) is 3. The first-order valence-corrected chi connectivity index (χ1v) is 7.71. The van der Waals surface area contributed by atoms with Crippen LogP contribution in [0.2, 0.25) is 0 Å². The van der Waals surface area contributed by atoms with Crippen LogP contribution in [0.5, 0.6) is 0 Å². The number of aromatic nitrogens is 1. The van der Waals surface area contributed by atoms with Crippen molar-refractivity contribution in [3.05, 3.63) is 65.0 Å². The lowest BCUT2D eigenvalue weighted by Gasteiger charge is -2.32. The number of benzene rings is 1. The minimum atomic E-state index is -2.21. The lowest BCUT2D eigenvalue weighted by Crippen LogP contribution is -2.36. The number of alkyl halides is 1. The molecule has 3 nitrogen and oxygen atoms in total. The fraction of sp³-hybridized carbons (Fsp3) is 0.333. The molecule has 0 bridgehead atoms. The molecular formula is C18H16F3NO2. The Morgan fingerprint density at radius 3 is 2.83 bits per heavy atom. The number of Topliss-reactive ketones (excluding diaryl/α,β-unsaturated/α-hetero) is 1. The molecule has 0 saturated heterocycles. The predicted molar refractivity (Wildman–Crippen MR) is 80.9 cm³/mol. The van der Waals surface area contributed by atoms with Crippen LogP contribution >= 0.6 is 0 Å². The molecule has 0 spiro atoms. The fourth-order valence-electron chi connectivity index (χ4n) is 3.07. The van der Waals surface area contributed by atoms with E-state index in [1.54, 1.807) is 0 Å². The van der Waals surface area contributed by atoms with Gasteiger partial charge in [-0.05, 0) is 43.0 Å². The maximum atomic E-state index is 15.3. The summed E-state index contributed by atoms with van der Waals surface area (Å²) in [6.07, 6.45) is 0.510. The van der Waals surface area contributed by atoms with Gasteiger partial charge in [0.05, 0.1) is 11.8 Å². The van der Waals surface area contributed by atoms with Crippen LogP contribution in [-0.2, 0) is 16.9 Å². The Bertz CT molecular complexity index is 781. The van der Waals surface area contributed by atoms with E-state index in [-0.39, 0.29) is 36.9 Å². The third-order valence-corrected chi connectivity index (χ3v) is 4.41. The molecule has 0 fully saturated rings. The molecule has 6 heteroatoms. The van der Waals surface area contributed by atoms with Crippen LogP contribution in [-0.4, -0.2) is 15.9 Å². The van der Waals surface area contributed by atoms with Crippen molar-refractivity contribution in [3.8, 4) is 0 Å². The van der Waals surface area contributed by atoms with Crippen molar-refractivity contribution in [2.75, 3.05) is 0 Å². The number of aliphatic hydroxyl groups is 1. The summed E-state index contributed by atoms with van der Waals surface area (Å²) in [7, 11) is 0. The second-order valence-electron chi connectivity index (χ2n) is 5.96. The number of fused-ring (bicyclic) bond motifs is 1. The van der Waals surface area contributed by atoms with Crippen LogP contribution in [0.1, 0.15) is 42.2 Å². The molecule has 1 heterocycles. The first-order chi connectivity index (χ1) is 11.4. The van der Waals surface area contributed by atoms with Crippen molar-refractivity contribution in [2.24, 2.45) is 0 Å². The highest BCUT2D eigenvalue weighted by Crippen LogP contribution is 2.43. The fourth-order valence-corrected chi connectivity index (χ4v) is 3.07. The molecule has 24 heavy (non-hydrogen) atoms. The lowest BCUT2D eigenvalue weighted by atomic mass is 9.77. The number of hydrogen-bond donors (Lipinski definition) is 1. The monoisotopic (exact) mass is 335 g/mol. The number of nitrogens with zero attached hydrogens (tertiary/aromatic N) is 1. The van der Waals surface area contributed by atoms with E-state index in [1.165, 1.54) is 24.4 Å². The molecule has 0 saturated carbocycles. The van der Waals surface area contributed by atoms with E-state index in [0.717, 1.165) is 12.1 Å². The summed E-state index contributed by atoms with van der Waals surface area (Å²) in [5, 5.41) is 9.92. The van der Waals surface area contributed by atoms with Crippen LogP contribution in [0.4, 0.5) is 13.2 Å². The van der Waals surface area contributed by atoms with Crippen molar-refractivity contribution in [1.82, 2.24) is 4.98 Å². The number of pyridine rings is 1. The Hall–Kier alpha value is -2.21. The van der Waals surface area contributed by atoms with Gasteiger partial charge in [0.15, 0.2) is 23.1 Å². The SMILES string of the molecule is O=C(CCc1ccc(F)c(F)c1)[C@]1(F)CC[C@H](O)c2ncccc21. The quantitative estimate of drug-likeness (QED) is 0.929. The average molecular weight is 335 g/mol. The van der Waals surface area contributed by atoms with Crippen LogP contribution in [0.25, 0.3) is 0 Å². The number of aryl methyl sites for hydroxylation is 1. The van der Waals surface area contributed by atoms with Gasteiger partial charge in [-0.3, -0.25) is 9.78 Å². The van der Waals surface area contributed by atoms with Crippen molar-refractivity contribution in [1.29, 1.82) is 0 Å². The van der Waals surface area contributed by atoms with Gasteiger partial charge < -0.3 is 5.11 Å². The van der Waals surface area contributed by atoms with Gasteiger partial charge in [0.25, 0.3) is 0 Å². The summed E-state index contributed by atoms with van der Waals surface area (Å²) >= 11 is 0. The Balaban J connectivity index is 1.79. The molecule has 1 N–H and O–H groups in total. The van der Waals surface area contributed by atoms with Crippen LogP contribution < -0.4 is 0 Å². The largest absolute Gasteiger partial charge is 0.387 e. The van der Waals surface area contributed by atoms with Gasteiger partial charge in [0, 0.05) is 18.2 Å². The van der Waals surface area contributed by atoms with E-state index in [9.17, 15) is 18.7 Å². The standard InChI is InChI=1S/C18H16F3NO2/c19-13-5-3-11(10-14(13)20)4-6-16(24)18(21)8-7-15(23)17-12(18)2-1-9-22-17/h1-3,5,9-10,15,23H,4,6-8H2/t15-,18-/m0/s1. The minimum absolute atomic E-state index is 0.0963. The van der Waals surface area contributed by atoms with Gasteiger partial charge in [-0.1, -0.05) is 12.1 Å². The second-order valence-corrected chi connectivity index (χ2v) is 5.96. The average Bonchev–Trinajstić information content (AvgIpc) is 2.59. The maximum Gasteiger partial charge on any atom is 0.195 e. The van der Waals surface area contributed by atoms with E-state index in [0.29, 0.717) is 5.56 Å². The highest BCUT2D eigenvalue weighted by atomic mass is 19.2. The zero-order valence-electron chi connectivity index (χ0n) is 12.8. The summed E-state index contributed by atoms with van der Waals surface area (Å²) in [5.74, 6) is -2.60. The number of carbonyl (C=O) groups is 1. The van der Waals surface area contributed by atoms with Crippen LogP contribution in [0.15, 0.2) is 36.5 Å². The summed E-state index contributed by atoms with van der Waals surface area (Å²) in [4.78, 5) is 16.4. The highest BCUT2D eigenvalue weighted by molar-refractivity contribution is 5.89. The molecule has 0 amide bonds. The molecule has 2 aromatic rings. The zero-order valence-corrected chi connectivity index (χ0v) is 12.8. The van der Waals surface area contributed by atoms with Crippen LogP contribution in [0, 0.1) is 11.6 Å². The lowest BCUT2D eigenvalue weighted by molar-refractivity contribution is -0.133. The molecule has 1 aliphatic carbocycles. The molecule has 0 unspecified atom stereocenters. The maximum absolute atomic E-state index is 15.3. The zero-order chi connectivity index (χ0) is 17.3. The van der Waals surface area contributed by atoms with Gasteiger partial charge in [0.1, 0.15) is 0 Å². The highest BCUT2D eigenvalue weighted by Gasteiger charge is 2.45. The number of rotatable bonds is 4. The molecule has 0 radical (unpaired) electrons. The Morgan fingerprint density at radius 1 is 1.29 bits per heavy atom. The van der Waals surface area contributed by atoms with Gasteiger partial charge >= 0.3 is 0 Å². The van der Waals surface area contributed by atoms with Crippen molar-refractivity contribution in [2.45, 2.75) is 37.5 Å². The third-order valence-electron chi connectivity index (χ3n) is 4.41. The molecule has 0 aliphatic heterocycles. The van der Waals surface area contributed by atoms with Gasteiger partial charge in [-0.15, -0.1) is 0 Å². The first kappa shape index (κ1) is 16.6. The number of ketones is 1. The van der Waals surface area contributed by atoms with E-state index >= 15 is 4.39 Å². The predicted octanol–water partition coefficient (Wildman–Crippen LogP) is 3.55. The summed E-state index contributed by atoms with van der Waals surface area (Å²) in [5.41, 5.74) is -1.50. The number of carbonyl (C=O) groups excluding carboxylic acids is 1. The molecule has 1 aromatic carbocycles. The van der Waals surface area contributed by atoms with E-state index in [1.807, 2.05) is 0 Å². The van der Waals surface area contributed by atoms with Crippen molar-refractivity contribution < 1.29 is 23.1 Å². The van der Waals surface area contributed by atoms with E-state index in [4.69, 9.17) is 0 Å². The van der Waals surface area contributed by atoms with Gasteiger partial charge in [0.2, 0.25) is 0 Å². The summed E-state index contributed by atoms with van der Waals surface area (Å²) < 4.78 is 41.5. The summed E-state index contributed by atoms with van der Waals surface area (Å²) in [6, 6.07) is 6.34. The normalized spacial score (nSPS) is 22.9. The Labute approximate surface area is 137 Å². The molecule has 3 rings (SSSR count). The molecule has 1 aromatic heterocycles. The number of aliphatic hydroxyl groups excluding tert-OH is 1. The van der Waals surface area contributed by atoms with Crippen molar-refractivity contribution >= 4 is 5.78 Å². The molecule has 1 aliphatic rings. The second kappa shape index (κ2) is 6.36. The Morgan fingerprint density at radius 2 is 2.08 bits per heavy atom.